The van der Waals surface area contributed by atoms with Gasteiger partial charge in [-0.2, -0.15) is 0 Å². The zero-order chi connectivity index (χ0) is 18.0. The molecule has 0 aliphatic rings. The van der Waals surface area contributed by atoms with E-state index < -0.39 is 5.82 Å². The maximum Gasteiger partial charge on any atom is 0.274 e. The van der Waals surface area contributed by atoms with Crippen molar-refractivity contribution in [3.8, 4) is 0 Å². The van der Waals surface area contributed by atoms with Crippen LogP contribution in [0, 0.1) is 5.82 Å². The molecule has 0 saturated carbocycles. The monoisotopic (exact) mass is 336 g/mol. The van der Waals surface area contributed by atoms with Gasteiger partial charge in [-0.3, -0.25) is 9.59 Å². The van der Waals surface area contributed by atoms with E-state index in [0.29, 0.717) is 0 Å². The number of nitrogens with zero attached hydrogens (tertiary/aromatic N) is 2. The molecule has 0 bridgehead atoms. The quantitative estimate of drug-likeness (QED) is 0.697. The lowest BCUT2D eigenvalue weighted by molar-refractivity contribution is 0.624. The van der Waals surface area contributed by atoms with Crippen LogP contribution in [0.2, 0.25) is 0 Å². The van der Waals surface area contributed by atoms with Crippen LogP contribution >= 0.6 is 0 Å². The topological polar surface area (TPSA) is 44.0 Å². The molecule has 0 N–H and O–H groups in total. The predicted octanol–water partition coefficient (Wildman–Crippen LogP) is 0.881. The average molecular weight is 336 g/mol. The summed E-state index contributed by atoms with van der Waals surface area (Å²) >= 11 is 0. The lowest BCUT2D eigenvalue weighted by Crippen LogP contribution is -2.56. The molecule has 0 aliphatic carbocycles. The number of halogens is 1. The number of benzene rings is 2. The van der Waals surface area contributed by atoms with Crippen LogP contribution in [0.1, 0.15) is 11.1 Å². The predicted molar refractivity (Wildman–Crippen MR) is 96.2 cm³/mol. The summed E-state index contributed by atoms with van der Waals surface area (Å²) in [6, 6.07) is 15.4. The summed E-state index contributed by atoms with van der Waals surface area (Å²) in [7, 11) is 3.05. The summed E-state index contributed by atoms with van der Waals surface area (Å²) in [4.78, 5) is 25.4. The van der Waals surface area contributed by atoms with Gasteiger partial charge in [0.2, 0.25) is 0 Å². The molecule has 3 aromatic rings. The van der Waals surface area contributed by atoms with Crippen LogP contribution in [-0.4, -0.2) is 9.13 Å². The average Bonchev–Trinajstić information content (AvgIpc) is 2.63. The molecule has 1 heterocycles. The molecule has 5 heteroatoms. The Bertz CT molecular complexity index is 1160. The highest BCUT2D eigenvalue weighted by Gasteiger charge is 2.06. The molecule has 4 nitrogen and oxygen atoms in total. The molecule has 0 spiro atoms. The van der Waals surface area contributed by atoms with E-state index in [9.17, 15) is 14.0 Å². The molecule has 0 aliphatic heterocycles. The highest BCUT2D eigenvalue weighted by atomic mass is 19.1. The maximum atomic E-state index is 13.9. The van der Waals surface area contributed by atoms with Gasteiger partial charge in [0.15, 0.2) is 0 Å². The van der Waals surface area contributed by atoms with Gasteiger partial charge in [0.25, 0.3) is 11.1 Å². The fourth-order valence-corrected chi connectivity index (χ4v) is 2.61. The van der Waals surface area contributed by atoms with Crippen LogP contribution in [0.3, 0.4) is 0 Å². The van der Waals surface area contributed by atoms with Gasteiger partial charge in [0.1, 0.15) is 16.5 Å². The molecule has 126 valence electrons. The molecule has 1 aromatic heterocycles. The fraction of sp³-hybridized carbons (Fsp3) is 0.100. The smallest absolute Gasteiger partial charge is 0.274 e. The van der Waals surface area contributed by atoms with Crippen LogP contribution in [-0.2, 0) is 14.1 Å². The van der Waals surface area contributed by atoms with Crippen LogP contribution < -0.4 is 21.8 Å². The number of aromatic nitrogens is 2. The zero-order valence-corrected chi connectivity index (χ0v) is 13.9. The van der Waals surface area contributed by atoms with Crippen molar-refractivity contribution in [2.75, 3.05) is 0 Å². The number of hydrogen-bond donors (Lipinski definition) is 0. The summed E-state index contributed by atoms with van der Waals surface area (Å²) in [5.74, 6) is -0.447. The van der Waals surface area contributed by atoms with Gasteiger partial charge in [-0.15, -0.1) is 0 Å². The summed E-state index contributed by atoms with van der Waals surface area (Å²) in [5.41, 5.74) is 0.385. The van der Waals surface area contributed by atoms with Crippen molar-refractivity contribution in [2.45, 2.75) is 0 Å². The molecule has 2 aromatic carbocycles. The minimum absolute atomic E-state index is 0.128. The van der Waals surface area contributed by atoms with E-state index in [0.717, 1.165) is 5.56 Å². The molecule has 0 unspecified atom stereocenters. The highest BCUT2D eigenvalue weighted by molar-refractivity contribution is 5.50. The van der Waals surface area contributed by atoms with E-state index in [1.807, 2.05) is 30.3 Å². The van der Waals surface area contributed by atoms with Crippen LogP contribution in [0.5, 0.6) is 0 Å². The van der Waals surface area contributed by atoms with E-state index in [4.69, 9.17) is 0 Å². The van der Waals surface area contributed by atoms with Crippen molar-refractivity contribution in [3.05, 3.63) is 103 Å². The Labute approximate surface area is 143 Å². The molecular weight excluding hydrogens is 319 g/mol. The molecular formula is C20H17FN2O2. The van der Waals surface area contributed by atoms with Gasteiger partial charge in [-0.1, -0.05) is 48.5 Å². The van der Waals surface area contributed by atoms with E-state index in [1.54, 1.807) is 24.3 Å². The Hall–Kier alpha value is -3.21. The third-order valence-electron chi connectivity index (χ3n) is 4.07. The Morgan fingerprint density at radius 1 is 0.760 bits per heavy atom. The SMILES string of the molecule is Cn1c(=O)c(=Cc2ccccc2F)n(C)c(=O)c1=Cc1ccccc1. The summed E-state index contributed by atoms with van der Waals surface area (Å²) < 4.78 is 16.4. The second-order valence-corrected chi connectivity index (χ2v) is 5.72. The first-order chi connectivity index (χ1) is 12.0. The Morgan fingerprint density at radius 3 is 1.88 bits per heavy atom. The lowest BCUT2D eigenvalue weighted by Gasteiger charge is -2.05. The molecule has 3 rings (SSSR count). The number of rotatable bonds is 2. The number of hydrogen-bond acceptors (Lipinski definition) is 2. The van der Waals surface area contributed by atoms with Crippen molar-refractivity contribution in [1.82, 2.24) is 9.13 Å². The first kappa shape index (κ1) is 16.6. The minimum atomic E-state index is -0.447. The summed E-state index contributed by atoms with van der Waals surface area (Å²) in [6.07, 6.45) is 3.06. The van der Waals surface area contributed by atoms with Crippen molar-refractivity contribution in [1.29, 1.82) is 0 Å². The van der Waals surface area contributed by atoms with Crippen LogP contribution in [0.25, 0.3) is 12.2 Å². The summed E-state index contributed by atoms with van der Waals surface area (Å²) in [5, 5.41) is 0.396. The second-order valence-electron chi connectivity index (χ2n) is 5.72. The lowest BCUT2D eigenvalue weighted by atomic mass is 10.2. The fourth-order valence-electron chi connectivity index (χ4n) is 2.61. The third kappa shape index (κ3) is 3.21. The third-order valence-corrected chi connectivity index (χ3v) is 4.07. The molecule has 0 fully saturated rings. The summed E-state index contributed by atoms with van der Waals surface area (Å²) in [6.45, 7) is 0. The van der Waals surface area contributed by atoms with Crippen LogP contribution in [0.4, 0.5) is 4.39 Å². The van der Waals surface area contributed by atoms with Crippen molar-refractivity contribution in [2.24, 2.45) is 14.1 Å². The first-order valence-corrected chi connectivity index (χ1v) is 7.78. The molecule has 0 amide bonds. The Kier molecular flexibility index (Phi) is 4.48. The molecule has 0 saturated heterocycles. The van der Waals surface area contributed by atoms with Crippen molar-refractivity contribution < 1.29 is 4.39 Å². The molecule has 25 heavy (non-hydrogen) atoms. The van der Waals surface area contributed by atoms with E-state index in [-0.39, 0.29) is 27.4 Å². The van der Waals surface area contributed by atoms with Gasteiger partial charge in [-0.25, -0.2) is 4.39 Å². The van der Waals surface area contributed by atoms with Gasteiger partial charge in [-0.05, 0) is 23.8 Å². The highest BCUT2D eigenvalue weighted by Crippen LogP contribution is 2.05. The van der Waals surface area contributed by atoms with Crippen LogP contribution in [0.15, 0.2) is 64.2 Å². The van der Waals surface area contributed by atoms with E-state index in [1.165, 1.54) is 35.4 Å². The van der Waals surface area contributed by atoms with Crippen molar-refractivity contribution >= 4 is 12.2 Å². The van der Waals surface area contributed by atoms with Gasteiger partial charge >= 0.3 is 0 Å². The van der Waals surface area contributed by atoms with E-state index in [2.05, 4.69) is 0 Å². The molecule has 0 radical (unpaired) electrons. The minimum Gasteiger partial charge on any atom is -0.305 e. The zero-order valence-electron chi connectivity index (χ0n) is 13.9. The normalized spacial score (nSPS) is 12.6. The largest absolute Gasteiger partial charge is 0.305 e. The standard InChI is InChI=1S/C20H17FN2O2/c1-22-17(12-14-8-4-3-5-9-14)19(24)23(2)18(20(22)25)13-15-10-6-7-11-16(15)21/h3-13H,1-2H3. The van der Waals surface area contributed by atoms with Gasteiger partial charge < -0.3 is 9.13 Å². The Balaban J connectivity index is 2.34. The second kappa shape index (κ2) is 6.73. The van der Waals surface area contributed by atoms with Crippen molar-refractivity contribution in [3.63, 3.8) is 0 Å². The van der Waals surface area contributed by atoms with E-state index >= 15 is 0 Å². The van der Waals surface area contributed by atoms with Gasteiger partial charge in [0.05, 0.1) is 0 Å². The first-order valence-electron chi connectivity index (χ1n) is 7.78. The molecule has 0 atom stereocenters. The van der Waals surface area contributed by atoms with Gasteiger partial charge in [0, 0.05) is 19.7 Å². The maximum absolute atomic E-state index is 13.9. The Morgan fingerprint density at radius 2 is 1.28 bits per heavy atom.